The molecule has 0 saturated heterocycles. The van der Waals surface area contributed by atoms with Crippen LogP contribution in [0.4, 0.5) is 13.2 Å². The van der Waals surface area contributed by atoms with Crippen molar-refractivity contribution in [3.8, 4) is 0 Å². The molecule has 4 nitrogen and oxygen atoms in total. The molecule has 1 aromatic carbocycles. The molecule has 7 heteroatoms. The van der Waals surface area contributed by atoms with E-state index < -0.39 is 29.7 Å². The molecule has 2 atom stereocenters. The largest absolute Gasteiger partial charge is 0.480 e. The van der Waals surface area contributed by atoms with Gasteiger partial charge in [-0.05, 0) is 30.0 Å². The summed E-state index contributed by atoms with van der Waals surface area (Å²) in [5.74, 6) is -1.84. The fourth-order valence-corrected chi connectivity index (χ4v) is 2.20. The quantitative estimate of drug-likeness (QED) is 0.803. The van der Waals surface area contributed by atoms with Gasteiger partial charge in [-0.1, -0.05) is 32.4 Å². The van der Waals surface area contributed by atoms with Crippen LogP contribution in [-0.4, -0.2) is 23.0 Å². The van der Waals surface area contributed by atoms with E-state index in [1.807, 2.05) is 6.92 Å². The average Bonchev–Trinajstić information content (AvgIpc) is 2.45. The van der Waals surface area contributed by atoms with Gasteiger partial charge in [0.2, 0.25) is 5.91 Å². The van der Waals surface area contributed by atoms with E-state index >= 15 is 0 Å². The van der Waals surface area contributed by atoms with Crippen LogP contribution in [0.1, 0.15) is 50.2 Å². The smallest absolute Gasteiger partial charge is 0.416 e. The molecule has 1 aromatic rings. The molecular weight excluding hydrogens is 311 g/mol. The molecule has 1 rings (SSSR count). The summed E-state index contributed by atoms with van der Waals surface area (Å²) >= 11 is 0. The van der Waals surface area contributed by atoms with Crippen LogP contribution in [0.15, 0.2) is 24.3 Å². The van der Waals surface area contributed by atoms with Gasteiger partial charge in [0, 0.05) is 6.42 Å². The summed E-state index contributed by atoms with van der Waals surface area (Å²) < 4.78 is 37.5. The molecule has 0 bridgehead atoms. The molecule has 0 saturated carbocycles. The SMILES string of the molecule is CCCC(NC(=O)CC(C)c1ccc(C(F)(F)F)cc1)C(=O)O. The molecule has 0 aliphatic rings. The van der Waals surface area contributed by atoms with Crippen LogP contribution in [0, 0.1) is 0 Å². The lowest BCUT2D eigenvalue weighted by Gasteiger charge is -2.17. The first-order valence-corrected chi connectivity index (χ1v) is 7.34. The van der Waals surface area contributed by atoms with Crippen LogP contribution < -0.4 is 5.32 Å². The zero-order chi connectivity index (χ0) is 17.6. The van der Waals surface area contributed by atoms with Crippen molar-refractivity contribution in [1.82, 2.24) is 5.32 Å². The number of carbonyl (C=O) groups is 2. The molecule has 0 fully saturated rings. The van der Waals surface area contributed by atoms with Gasteiger partial charge in [0.05, 0.1) is 5.56 Å². The van der Waals surface area contributed by atoms with Gasteiger partial charge in [0.1, 0.15) is 6.04 Å². The van der Waals surface area contributed by atoms with E-state index in [1.165, 1.54) is 12.1 Å². The number of carbonyl (C=O) groups excluding carboxylic acids is 1. The zero-order valence-electron chi connectivity index (χ0n) is 13.0. The lowest BCUT2D eigenvalue weighted by atomic mass is 9.96. The number of aliphatic carboxylic acids is 1. The van der Waals surface area contributed by atoms with Crippen LogP contribution in [0.25, 0.3) is 0 Å². The van der Waals surface area contributed by atoms with Crippen molar-refractivity contribution in [1.29, 1.82) is 0 Å². The van der Waals surface area contributed by atoms with E-state index in [1.54, 1.807) is 6.92 Å². The number of carboxylic acids is 1. The summed E-state index contributed by atoms with van der Waals surface area (Å²) in [4.78, 5) is 22.9. The third kappa shape index (κ3) is 5.92. The number of carboxylic acid groups (broad SMARTS) is 1. The Balaban J connectivity index is 2.66. The predicted molar refractivity (Wildman–Crippen MR) is 79.0 cm³/mol. The Labute approximate surface area is 132 Å². The minimum atomic E-state index is -4.39. The van der Waals surface area contributed by atoms with Crippen LogP contribution in [0.2, 0.25) is 0 Å². The normalized spacial score (nSPS) is 14.1. The minimum Gasteiger partial charge on any atom is -0.480 e. The average molecular weight is 331 g/mol. The van der Waals surface area contributed by atoms with Crippen molar-refractivity contribution in [2.45, 2.75) is 51.2 Å². The highest BCUT2D eigenvalue weighted by Gasteiger charge is 2.30. The lowest BCUT2D eigenvalue weighted by Crippen LogP contribution is -2.40. The van der Waals surface area contributed by atoms with Crippen molar-refractivity contribution in [2.24, 2.45) is 0 Å². The van der Waals surface area contributed by atoms with Gasteiger partial charge in [-0.25, -0.2) is 4.79 Å². The molecule has 0 heterocycles. The zero-order valence-corrected chi connectivity index (χ0v) is 13.0. The molecule has 128 valence electrons. The fourth-order valence-electron chi connectivity index (χ4n) is 2.20. The van der Waals surface area contributed by atoms with Crippen molar-refractivity contribution in [2.75, 3.05) is 0 Å². The minimum absolute atomic E-state index is 0.0128. The van der Waals surface area contributed by atoms with E-state index in [2.05, 4.69) is 5.32 Å². The first-order chi connectivity index (χ1) is 10.6. The fraction of sp³-hybridized carbons (Fsp3) is 0.500. The maximum absolute atomic E-state index is 12.5. The van der Waals surface area contributed by atoms with Crippen molar-refractivity contribution in [3.63, 3.8) is 0 Å². The Kier molecular flexibility index (Phi) is 6.60. The lowest BCUT2D eigenvalue weighted by molar-refractivity contribution is -0.142. The van der Waals surface area contributed by atoms with Crippen LogP contribution in [0.3, 0.4) is 0 Å². The summed E-state index contributed by atoms with van der Waals surface area (Å²) in [6, 6.07) is 3.68. The molecule has 23 heavy (non-hydrogen) atoms. The van der Waals surface area contributed by atoms with Gasteiger partial charge < -0.3 is 10.4 Å². The highest BCUT2D eigenvalue weighted by Crippen LogP contribution is 2.30. The Hall–Kier alpha value is -2.05. The van der Waals surface area contributed by atoms with Crippen molar-refractivity contribution >= 4 is 11.9 Å². The topological polar surface area (TPSA) is 66.4 Å². The molecule has 0 aromatic heterocycles. The van der Waals surface area contributed by atoms with Crippen molar-refractivity contribution in [3.05, 3.63) is 35.4 Å². The molecule has 0 aliphatic carbocycles. The Morgan fingerprint density at radius 3 is 2.22 bits per heavy atom. The standard InChI is InChI=1S/C16H20F3NO3/c1-3-4-13(15(22)23)20-14(21)9-10(2)11-5-7-12(8-6-11)16(17,18)19/h5-8,10,13H,3-4,9H2,1-2H3,(H,20,21)(H,22,23). The Morgan fingerprint density at radius 1 is 1.22 bits per heavy atom. The number of hydrogen-bond acceptors (Lipinski definition) is 2. The van der Waals surface area contributed by atoms with Crippen LogP contribution >= 0.6 is 0 Å². The number of amides is 1. The number of hydrogen-bond donors (Lipinski definition) is 2. The molecular formula is C16H20F3NO3. The van der Waals surface area contributed by atoms with E-state index in [9.17, 15) is 22.8 Å². The molecule has 2 unspecified atom stereocenters. The first-order valence-electron chi connectivity index (χ1n) is 7.34. The third-order valence-corrected chi connectivity index (χ3v) is 3.51. The maximum Gasteiger partial charge on any atom is 0.416 e. The number of alkyl halides is 3. The Morgan fingerprint density at radius 2 is 1.78 bits per heavy atom. The van der Waals surface area contributed by atoms with Gasteiger partial charge in [0.15, 0.2) is 0 Å². The molecule has 0 radical (unpaired) electrons. The molecule has 0 spiro atoms. The molecule has 2 N–H and O–H groups in total. The second-order valence-electron chi connectivity index (χ2n) is 5.47. The van der Waals surface area contributed by atoms with Gasteiger partial charge in [-0.3, -0.25) is 4.79 Å². The first kappa shape index (κ1) is 19.0. The highest BCUT2D eigenvalue weighted by molar-refractivity contribution is 5.83. The number of halogens is 3. The van der Waals surface area contributed by atoms with E-state index in [0.29, 0.717) is 18.4 Å². The van der Waals surface area contributed by atoms with Gasteiger partial charge in [-0.15, -0.1) is 0 Å². The van der Waals surface area contributed by atoms with E-state index in [-0.39, 0.29) is 12.3 Å². The summed E-state index contributed by atoms with van der Waals surface area (Å²) in [7, 11) is 0. The second kappa shape index (κ2) is 7.99. The number of nitrogens with one attached hydrogen (secondary N) is 1. The van der Waals surface area contributed by atoms with Crippen LogP contribution in [0.5, 0.6) is 0 Å². The molecule has 1 amide bonds. The van der Waals surface area contributed by atoms with Crippen molar-refractivity contribution < 1.29 is 27.9 Å². The number of benzene rings is 1. The third-order valence-electron chi connectivity index (χ3n) is 3.51. The summed E-state index contributed by atoms with van der Waals surface area (Å²) in [6.45, 7) is 3.52. The maximum atomic E-state index is 12.5. The number of rotatable bonds is 7. The van der Waals surface area contributed by atoms with E-state index in [4.69, 9.17) is 5.11 Å². The van der Waals surface area contributed by atoms with Gasteiger partial charge in [0.25, 0.3) is 0 Å². The van der Waals surface area contributed by atoms with Crippen LogP contribution in [-0.2, 0) is 15.8 Å². The van der Waals surface area contributed by atoms with Gasteiger partial charge in [-0.2, -0.15) is 13.2 Å². The molecule has 0 aliphatic heterocycles. The summed E-state index contributed by atoms with van der Waals surface area (Å²) in [5.41, 5.74) is -0.151. The predicted octanol–water partition coefficient (Wildman–Crippen LogP) is 3.57. The summed E-state index contributed by atoms with van der Waals surface area (Å²) in [5, 5.41) is 11.4. The summed E-state index contributed by atoms with van der Waals surface area (Å²) in [6.07, 6.45) is -3.44. The van der Waals surface area contributed by atoms with Gasteiger partial charge >= 0.3 is 12.1 Å². The highest BCUT2D eigenvalue weighted by atomic mass is 19.4. The second-order valence-corrected chi connectivity index (χ2v) is 5.47. The Bertz CT molecular complexity index is 540. The van der Waals surface area contributed by atoms with E-state index in [0.717, 1.165) is 12.1 Å². The monoisotopic (exact) mass is 331 g/mol.